The first-order valence-electron chi connectivity index (χ1n) is 8.86. The van der Waals surface area contributed by atoms with E-state index in [-0.39, 0.29) is 29.2 Å². The highest BCUT2D eigenvalue weighted by molar-refractivity contribution is 6.09. The number of hydrogen-bond acceptors (Lipinski definition) is 2. The van der Waals surface area contributed by atoms with Gasteiger partial charge < -0.3 is 10.2 Å². The molecule has 2 amide bonds. The van der Waals surface area contributed by atoms with Crippen LogP contribution in [0.5, 0.6) is 0 Å². The third-order valence-electron chi connectivity index (χ3n) is 5.07. The number of hydrogen-bond donors (Lipinski definition) is 1. The van der Waals surface area contributed by atoms with Gasteiger partial charge in [-0.05, 0) is 61.2 Å². The van der Waals surface area contributed by atoms with Crippen LogP contribution in [0.3, 0.4) is 0 Å². The summed E-state index contributed by atoms with van der Waals surface area (Å²) in [6.07, 6.45) is 1.84. The molecule has 0 radical (unpaired) electrons. The molecule has 1 unspecified atom stereocenters. The Morgan fingerprint density at radius 3 is 2.56 bits per heavy atom. The molecule has 4 nitrogen and oxygen atoms in total. The number of carbonyl (C=O) groups excluding carboxylic acids is 2. The Labute approximate surface area is 155 Å². The molecule has 0 spiro atoms. The van der Waals surface area contributed by atoms with E-state index < -0.39 is 5.82 Å². The molecule has 0 saturated carbocycles. The van der Waals surface area contributed by atoms with E-state index in [1.807, 2.05) is 0 Å². The van der Waals surface area contributed by atoms with Gasteiger partial charge in [0.1, 0.15) is 11.6 Å². The summed E-state index contributed by atoms with van der Waals surface area (Å²) < 4.78 is 26.8. The number of amides is 2. The van der Waals surface area contributed by atoms with Crippen LogP contribution >= 0.6 is 0 Å². The van der Waals surface area contributed by atoms with Gasteiger partial charge in [0.2, 0.25) is 0 Å². The quantitative estimate of drug-likeness (QED) is 0.900. The first kappa shape index (κ1) is 17.4. The van der Waals surface area contributed by atoms with Crippen LogP contribution in [0.2, 0.25) is 0 Å². The largest absolute Gasteiger partial charge is 0.349 e. The van der Waals surface area contributed by atoms with Crippen molar-refractivity contribution < 1.29 is 18.4 Å². The molecule has 0 fully saturated rings. The second-order valence-corrected chi connectivity index (χ2v) is 6.88. The lowest BCUT2D eigenvalue weighted by Crippen LogP contribution is -2.37. The van der Waals surface area contributed by atoms with E-state index in [0.717, 1.165) is 5.57 Å². The van der Waals surface area contributed by atoms with Crippen LogP contribution in [0.25, 0.3) is 0 Å². The zero-order valence-electron chi connectivity index (χ0n) is 14.5. The number of anilines is 1. The molecule has 1 aliphatic heterocycles. The zero-order valence-corrected chi connectivity index (χ0v) is 14.5. The summed E-state index contributed by atoms with van der Waals surface area (Å²) >= 11 is 0. The third-order valence-corrected chi connectivity index (χ3v) is 5.07. The van der Waals surface area contributed by atoms with E-state index in [1.165, 1.54) is 30.3 Å². The normalized spacial score (nSPS) is 19.3. The van der Waals surface area contributed by atoms with Crippen LogP contribution < -0.4 is 10.2 Å². The van der Waals surface area contributed by atoms with Crippen molar-refractivity contribution in [2.75, 3.05) is 11.4 Å². The fourth-order valence-electron chi connectivity index (χ4n) is 3.70. The molecule has 6 heteroatoms. The van der Waals surface area contributed by atoms with Crippen molar-refractivity contribution in [3.63, 3.8) is 0 Å². The standard InChI is InChI=1S/C21H18F2N2O2/c22-15-4-1-3-13(9-15)20(26)24-17-8-7-14-12-25(21(27)19(14)11-17)18-6-2-5-16(23)10-18/h1-6,9-10,17H,7-8,11-12H2,(H,24,26). The van der Waals surface area contributed by atoms with Crippen molar-refractivity contribution in [3.8, 4) is 0 Å². The number of nitrogens with zero attached hydrogens (tertiary/aromatic N) is 1. The van der Waals surface area contributed by atoms with Crippen molar-refractivity contribution >= 4 is 17.5 Å². The Hall–Kier alpha value is -3.02. The lowest BCUT2D eigenvalue weighted by atomic mass is 9.89. The Kier molecular flexibility index (Phi) is 4.48. The van der Waals surface area contributed by atoms with Gasteiger partial charge >= 0.3 is 0 Å². The minimum atomic E-state index is -0.465. The van der Waals surface area contributed by atoms with Crippen molar-refractivity contribution in [2.45, 2.75) is 25.3 Å². The minimum absolute atomic E-state index is 0.139. The van der Waals surface area contributed by atoms with Crippen LogP contribution in [0.15, 0.2) is 59.7 Å². The van der Waals surface area contributed by atoms with Gasteiger partial charge in [0, 0.05) is 29.4 Å². The van der Waals surface area contributed by atoms with Gasteiger partial charge in [-0.3, -0.25) is 9.59 Å². The maximum atomic E-state index is 13.5. The van der Waals surface area contributed by atoms with E-state index in [0.29, 0.717) is 37.1 Å². The number of nitrogens with one attached hydrogen (secondary N) is 1. The van der Waals surface area contributed by atoms with Gasteiger partial charge in [-0.1, -0.05) is 12.1 Å². The van der Waals surface area contributed by atoms with Gasteiger partial charge in [0.25, 0.3) is 11.8 Å². The maximum absolute atomic E-state index is 13.5. The minimum Gasteiger partial charge on any atom is -0.349 e. The summed E-state index contributed by atoms with van der Waals surface area (Å²) in [4.78, 5) is 26.7. The molecule has 2 aromatic carbocycles. The predicted molar refractivity (Wildman–Crippen MR) is 97.3 cm³/mol. The monoisotopic (exact) mass is 368 g/mol. The Balaban J connectivity index is 1.45. The SMILES string of the molecule is O=C(NC1CCC2=C(C1)C(=O)N(c1cccc(F)c1)C2)c1cccc(F)c1. The molecule has 0 saturated heterocycles. The van der Waals surface area contributed by atoms with Crippen LogP contribution in [0, 0.1) is 11.6 Å². The van der Waals surface area contributed by atoms with E-state index >= 15 is 0 Å². The fourth-order valence-corrected chi connectivity index (χ4v) is 3.70. The second kappa shape index (κ2) is 6.95. The maximum Gasteiger partial charge on any atom is 0.254 e. The van der Waals surface area contributed by atoms with Crippen molar-refractivity contribution in [1.82, 2.24) is 5.32 Å². The molecule has 2 aromatic rings. The summed E-state index contributed by atoms with van der Waals surface area (Å²) in [6, 6.07) is 11.3. The van der Waals surface area contributed by atoms with Gasteiger partial charge in [-0.25, -0.2) is 8.78 Å². The number of carbonyl (C=O) groups is 2. The van der Waals surface area contributed by atoms with Crippen LogP contribution in [-0.2, 0) is 4.79 Å². The number of benzene rings is 2. The summed E-state index contributed by atoms with van der Waals surface area (Å²) in [7, 11) is 0. The van der Waals surface area contributed by atoms with Gasteiger partial charge in [0.15, 0.2) is 0 Å². The lowest BCUT2D eigenvalue weighted by molar-refractivity contribution is -0.114. The molecule has 0 aromatic heterocycles. The molecular formula is C21H18F2N2O2. The molecule has 138 valence electrons. The molecule has 4 rings (SSSR count). The highest BCUT2D eigenvalue weighted by atomic mass is 19.1. The lowest BCUT2D eigenvalue weighted by Gasteiger charge is -2.23. The molecule has 1 heterocycles. The smallest absolute Gasteiger partial charge is 0.254 e. The van der Waals surface area contributed by atoms with E-state index in [9.17, 15) is 18.4 Å². The molecule has 1 aliphatic carbocycles. The number of halogens is 2. The van der Waals surface area contributed by atoms with Gasteiger partial charge in [0.05, 0.1) is 0 Å². The fraction of sp³-hybridized carbons (Fsp3) is 0.238. The summed E-state index contributed by atoms with van der Waals surface area (Å²) in [5.74, 6) is -1.34. The Morgan fingerprint density at radius 1 is 1.07 bits per heavy atom. The zero-order chi connectivity index (χ0) is 19.0. The highest BCUT2D eigenvalue weighted by Gasteiger charge is 2.35. The number of rotatable bonds is 3. The molecule has 27 heavy (non-hydrogen) atoms. The van der Waals surface area contributed by atoms with Crippen molar-refractivity contribution in [3.05, 3.63) is 76.9 Å². The van der Waals surface area contributed by atoms with Crippen LogP contribution in [0.4, 0.5) is 14.5 Å². The van der Waals surface area contributed by atoms with Crippen molar-refractivity contribution in [2.24, 2.45) is 0 Å². The molecule has 1 N–H and O–H groups in total. The Morgan fingerprint density at radius 2 is 1.81 bits per heavy atom. The molecule has 2 aliphatic rings. The molecular weight excluding hydrogens is 350 g/mol. The summed E-state index contributed by atoms with van der Waals surface area (Å²) in [6.45, 7) is 0.460. The van der Waals surface area contributed by atoms with Crippen molar-refractivity contribution in [1.29, 1.82) is 0 Å². The average molecular weight is 368 g/mol. The van der Waals surface area contributed by atoms with E-state index in [2.05, 4.69) is 5.32 Å². The Bertz CT molecular complexity index is 955. The first-order chi connectivity index (χ1) is 13.0. The average Bonchev–Trinajstić information content (AvgIpc) is 2.98. The first-order valence-corrected chi connectivity index (χ1v) is 8.86. The molecule has 0 bridgehead atoms. The van der Waals surface area contributed by atoms with Crippen LogP contribution in [0.1, 0.15) is 29.6 Å². The predicted octanol–water partition coefficient (Wildman–Crippen LogP) is 3.59. The second-order valence-electron chi connectivity index (χ2n) is 6.88. The van der Waals surface area contributed by atoms with Gasteiger partial charge in [-0.2, -0.15) is 0 Å². The van der Waals surface area contributed by atoms with E-state index in [4.69, 9.17) is 0 Å². The van der Waals surface area contributed by atoms with Gasteiger partial charge in [-0.15, -0.1) is 0 Å². The summed E-state index contributed by atoms with van der Waals surface area (Å²) in [5, 5.41) is 2.89. The summed E-state index contributed by atoms with van der Waals surface area (Å²) in [5.41, 5.74) is 2.53. The van der Waals surface area contributed by atoms with E-state index in [1.54, 1.807) is 23.1 Å². The third kappa shape index (κ3) is 3.47. The highest BCUT2D eigenvalue weighted by Crippen LogP contribution is 2.35. The van der Waals surface area contributed by atoms with Crippen LogP contribution in [-0.4, -0.2) is 24.4 Å². The molecule has 1 atom stereocenters. The topological polar surface area (TPSA) is 49.4 Å².